The monoisotopic (exact) mass is 247 g/mol. The first-order valence-electron chi connectivity index (χ1n) is 5.82. The molecule has 2 aromatic carbocycles. The molecule has 2 aromatic rings. The number of rotatable bonds is 3. The van der Waals surface area contributed by atoms with Gasteiger partial charge in [-0.1, -0.05) is 24.3 Å². The number of anilines is 1. The highest BCUT2D eigenvalue weighted by atomic mass is 19.1. The zero-order valence-corrected chi connectivity index (χ0v) is 10.4. The predicted octanol–water partition coefficient (Wildman–Crippen LogP) is 4.19. The molecule has 0 unspecified atom stereocenters. The van der Waals surface area contributed by atoms with Gasteiger partial charge >= 0.3 is 0 Å². The highest BCUT2D eigenvalue weighted by molar-refractivity contribution is 5.52. The Morgan fingerprint density at radius 3 is 2.39 bits per heavy atom. The smallest absolute Gasteiger partial charge is 0.146 e. The van der Waals surface area contributed by atoms with E-state index in [0.717, 1.165) is 11.1 Å². The summed E-state index contributed by atoms with van der Waals surface area (Å²) in [5, 5.41) is 3.05. The van der Waals surface area contributed by atoms with Gasteiger partial charge in [-0.2, -0.15) is 0 Å². The number of hydrogen-bond donors (Lipinski definition) is 1. The number of hydrogen-bond acceptors (Lipinski definition) is 1. The molecule has 0 fully saturated rings. The first kappa shape index (κ1) is 12.6. The molecular weight excluding hydrogens is 232 g/mol. The lowest BCUT2D eigenvalue weighted by molar-refractivity contribution is 0.617. The van der Waals surface area contributed by atoms with Crippen LogP contribution in [0.5, 0.6) is 0 Å². The standard InChI is InChI=1S/C15H15F2N/c1-10-4-3-5-14(17)15(10)18-9-12-6-7-13(16)11(2)8-12/h3-8,18H,9H2,1-2H3. The van der Waals surface area contributed by atoms with E-state index in [1.165, 1.54) is 12.1 Å². The van der Waals surface area contributed by atoms with E-state index in [1.54, 1.807) is 25.1 Å². The van der Waals surface area contributed by atoms with Gasteiger partial charge in [0.25, 0.3) is 0 Å². The number of halogens is 2. The van der Waals surface area contributed by atoms with Crippen molar-refractivity contribution in [2.75, 3.05) is 5.32 Å². The molecule has 0 saturated heterocycles. The lowest BCUT2D eigenvalue weighted by atomic mass is 10.1. The molecule has 1 N–H and O–H groups in total. The molecule has 0 atom stereocenters. The van der Waals surface area contributed by atoms with Gasteiger partial charge in [-0.25, -0.2) is 8.78 Å². The molecule has 94 valence electrons. The summed E-state index contributed by atoms with van der Waals surface area (Å²) in [6.07, 6.45) is 0. The van der Waals surface area contributed by atoms with Crippen molar-refractivity contribution in [3.63, 3.8) is 0 Å². The second-order valence-corrected chi connectivity index (χ2v) is 4.37. The van der Waals surface area contributed by atoms with Crippen LogP contribution in [0.15, 0.2) is 36.4 Å². The zero-order chi connectivity index (χ0) is 13.1. The van der Waals surface area contributed by atoms with E-state index in [-0.39, 0.29) is 11.6 Å². The molecule has 0 saturated carbocycles. The van der Waals surface area contributed by atoms with Gasteiger partial charge in [-0.15, -0.1) is 0 Å². The Labute approximate surface area is 105 Å². The highest BCUT2D eigenvalue weighted by Crippen LogP contribution is 2.20. The van der Waals surface area contributed by atoms with Crippen LogP contribution in [0.25, 0.3) is 0 Å². The van der Waals surface area contributed by atoms with Crippen LogP contribution >= 0.6 is 0 Å². The average molecular weight is 247 g/mol. The molecule has 3 heteroatoms. The highest BCUT2D eigenvalue weighted by Gasteiger charge is 2.05. The molecule has 0 heterocycles. The van der Waals surface area contributed by atoms with Gasteiger partial charge in [0.1, 0.15) is 11.6 Å². The van der Waals surface area contributed by atoms with E-state index in [1.807, 2.05) is 13.0 Å². The van der Waals surface area contributed by atoms with Crippen LogP contribution in [0.4, 0.5) is 14.5 Å². The van der Waals surface area contributed by atoms with Gasteiger partial charge in [-0.05, 0) is 42.7 Å². The number of nitrogens with one attached hydrogen (secondary N) is 1. The van der Waals surface area contributed by atoms with Crippen LogP contribution in [0.1, 0.15) is 16.7 Å². The largest absolute Gasteiger partial charge is 0.378 e. The van der Waals surface area contributed by atoms with Crippen LogP contribution in [0, 0.1) is 25.5 Å². The van der Waals surface area contributed by atoms with Crippen LogP contribution in [-0.2, 0) is 6.54 Å². The van der Waals surface area contributed by atoms with Crippen LogP contribution in [-0.4, -0.2) is 0 Å². The van der Waals surface area contributed by atoms with Crippen LogP contribution in [0.3, 0.4) is 0 Å². The molecule has 0 aliphatic heterocycles. The SMILES string of the molecule is Cc1cc(CNc2c(C)cccc2F)ccc1F. The van der Waals surface area contributed by atoms with Crippen LogP contribution < -0.4 is 5.32 Å². The Morgan fingerprint density at radius 2 is 1.72 bits per heavy atom. The maximum Gasteiger partial charge on any atom is 0.146 e. The number of benzene rings is 2. The maximum atomic E-state index is 13.6. The molecule has 0 radical (unpaired) electrons. The normalized spacial score (nSPS) is 10.4. The molecule has 0 aliphatic carbocycles. The summed E-state index contributed by atoms with van der Waals surface area (Å²) in [5.41, 5.74) is 2.88. The lowest BCUT2D eigenvalue weighted by Crippen LogP contribution is -2.03. The summed E-state index contributed by atoms with van der Waals surface area (Å²) < 4.78 is 26.7. The summed E-state index contributed by atoms with van der Waals surface area (Å²) in [6, 6.07) is 9.84. The Kier molecular flexibility index (Phi) is 3.60. The third kappa shape index (κ3) is 2.67. The van der Waals surface area contributed by atoms with Crippen molar-refractivity contribution in [1.29, 1.82) is 0 Å². The predicted molar refractivity (Wildman–Crippen MR) is 69.6 cm³/mol. The van der Waals surface area contributed by atoms with Crippen molar-refractivity contribution in [2.24, 2.45) is 0 Å². The summed E-state index contributed by atoms with van der Waals surface area (Å²) in [5.74, 6) is -0.491. The molecule has 0 amide bonds. The van der Waals surface area contributed by atoms with Crippen molar-refractivity contribution >= 4 is 5.69 Å². The van der Waals surface area contributed by atoms with Gasteiger partial charge in [0.05, 0.1) is 5.69 Å². The minimum absolute atomic E-state index is 0.221. The van der Waals surface area contributed by atoms with Crippen LogP contribution in [0.2, 0.25) is 0 Å². The second-order valence-electron chi connectivity index (χ2n) is 4.37. The Hall–Kier alpha value is -1.90. The Bertz CT molecular complexity index is 544. The molecule has 0 aliphatic rings. The van der Waals surface area contributed by atoms with Crippen molar-refractivity contribution < 1.29 is 8.78 Å². The van der Waals surface area contributed by atoms with E-state index in [2.05, 4.69) is 5.32 Å². The second kappa shape index (κ2) is 5.17. The molecule has 0 bridgehead atoms. The van der Waals surface area contributed by atoms with E-state index in [4.69, 9.17) is 0 Å². The molecule has 18 heavy (non-hydrogen) atoms. The van der Waals surface area contributed by atoms with Crippen molar-refractivity contribution in [3.8, 4) is 0 Å². The van der Waals surface area contributed by atoms with Gasteiger partial charge in [-0.3, -0.25) is 0 Å². The average Bonchev–Trinajstić information content (AvgIpc) is 2.33. The van der Waals surface area contributed by atoms with E-state index >= 15 is 0 Å². The fraction of sp³-hybridized carbons (Fsp3) is 0.200. The van der Waals surface area contributed by atoms with Gasteiger partial charge in [0.2, 0.25) is 0 Å². The van der Waals surface area contributed by atoms with E-state index in [0.29, 0.717) is 17.8 Å². The number of para-hydroxylation sites is 1. The molecule has 1 nitrogen and oxygen atoms in total. The minimum atomic E-state index is -0.270. The lowest BCUT2D eigenvalue weighted by Gasteiger charge is -2.11. The van der Waals surface area contributed by atoms with E-state index in [9.17, 15) is 8.78 Å². The molecule has 0 aromatic heterocycles. The first-order chi connectivity index (χ1) is 8.58. The Balaban J connectivity index is 2.14. The van der Waals surface area contributed by atoms with Crippen molar-refractivity contribution in [1.82, 2.24) is 0 Å². The third-order valence-electron chi connectivity index (χ3n) is 2.91. The third-order valence-corrected chi connectivity index (χ3v) is 2.91. The maximum absolute atomic E-state index is 13.6. The first-order valence-corrected chi connectivity index (χ1v) is 5.82. The number of aryl methyl sites for hydroxylation is 2. The quantitative estimate of drug-likeness (QED) is 0.857. The summed E-state index contributed by atoms with van der Waals surface area (Å²) >= 11 is 0. The zero-order valence-electron chi connectivity index (χ0n) is 10.4. The van der Waals surface area contributed by atoms with Crippen molar-refractivity contribution in [3.05, 3.63) is 64.7 Å². The van der Waals surface area contributed by atoms with Gasteiger partial charge in [0, 0.05) is 6.54 Å². The summed E-state index contributed by atoms with van der Waals surface area (Å²) in [6.45, 7) is 4.04. The summed E-state index contributed by atoms with van der Waals surface area (Å²) in [4.78, 5) is 0. The van der Waals surface area contributed by atoms with Crippen molar-refractivity contribution in [2.45, 2.75) is 20.4 Å². The summed E-state index contributed by atoms with van der Waals surface area (Å²) in [7, 11) is 0. The topological polar surface area (TPSA) is 12.0 Å². The fourth-order valence-corrected chi connectivity index (χ4v) is 1.86. The Morgan fingerprint density at radius 1 is 0.944 bits per heavy atom. The minimum Gasteiger partial charge on any atom is -0.378 e. The molecule has 0 spiro atoms. The van der Waals surface area contributed by atoms with Gasteiger partial charge < -0.3 is 5.32 Å². The molecular formula is C15H15F2N. The fourth-order valence-electron chi connectivity index (χ4n) is 1.86. The van der Waals surface area contributed by atoms with Gasteiger partial charge in [0.15, 0.2) is 0 Å². The molecule has 2 rings (SSSR count). The van der Waals surface area contributed by atoms with E-state index < -0.39 is 0 Å².